The zero-order valence-corrected chi connectivity index (χ0v) is 16.0. The number of likely N-dealkylation sites (N-methyl/N-ethyl adjacent to an activating group) is 1. The molecule has 0 unspecified atom stereocenters. The van der Waals surface area contributed by atoms with E-state index >= 15 is 0 Å². The number of amides is 1. The van der Waals surface area contributed by atoms with Crippen LogP contribution >= 0.6 is 0 Å². The second-order valence-electron chi connectivity index (χ2n) is 5.77. The van der Waals surface area contributed by atoms with Gasteiger partial charge in [0.1, 0.15) is 5.82 Å². The summed E-state index contributed by atoms with van der Waals surface area (Å²) in [6, 6.07) is 9.75. The van der Waals surface area contributed by atoms with E-state index in [1.807, 2.05) is 6.92 Å². The summed E-state index contributed by atoms with van der Waals surface area (Å²) in [5.41, 5.74) is 1.48. The third-order valence-corrected chi connectivity index (χ3v) is 4.06. The number of benzene rings is 2. The van der Waals surface area contributed by atoms with Gasteiger partial charge in [-0.2, -0.15) is 0 Å². The average molecular weight is 373 g/mol. The van der Waals surface area contributed by atoms with Crippen molar-refractivity contribution in [2.45, 2.75) is 13.5 Å². The van der Waals surface area contributed by atoms with Crippen molar-refractivity contribution in [1.82, 2.24) is 4.90 Å². The van der Waals surface area contributed by atoms with Crippen molar-refractivity contribution in [1.29, 1.82) is 0 Å². The van der Waals surface area contributed by atoms with Gasteiger partial charge in [0.05, 0.1) is 21.3 Å². The van der Waals surface area contributed by atoms with E-state index in [0.29, 0.717) is 30.3 Å². The van der Waals surface area contributed by atoms with Crippen molar-refractivity contribution in [3.63, 3.8) is 0 Å². The molecule has 2 aromatic rings. The van der Waals surface area contributed by atoms with Crippen LogP contribution in [0.25, 0.3) is 6.08 Å². The molecule has 0 aliphatic carbocycles. The minimum Gasteiger partial charge on any atom is -0.493 e. The molecule has 0 aromatic heterocycles. The number of carbonyl (C=O) groups is 1. The van der Waals surface area contributed by atoms with Crippen LogP contribution in [0.1, 0.15) is 18.1 Å². The molecule has 27 heavy (non-hydrogen) atoms. The summed E-state index contributed by atoms with van der Waals surface area (Å²) in [6.07, 6.45) is 3.16. The summed E-state index contributed by atoms with van der Waals surface area (Å²) in [4.78, 5) is 14.2. The number of ether oxygens (including phenoxy) is 3. The summed E-state index contributed by atoms with van der Waals surface area (Å²) in [5, 5.41) is 0. The molecule has 5 nitrogen and oxygen atoms in total. The lowest BCUT2D eigenvalue weighted by Gasteiger charge is -2.19. The summed E-state index contributed by atoms with van der Waals surface area (Å²) in [7, 11) is 4.60. The number of carbonyl (C=O) groups excluding carboxylic acids is 1. The summed E-state index contributed by atoms with van der Waals surface area (Å²) < 4.78 is 29.3. The molecule has 0 spiro atoms. The Morgan fingerprint density at radius 1 is 1.07 bits per heavy atom. The summed E-state index contributed by atoms with van der Waals surface area (Å²) in [5.74, 6) is 1.02. The van der Waals surface area contributed by atoms with E-state index in [9.17, 15) is 9.18 Å². The van der Waals surface area contributed by atoms with Gasteiger partial charge in [0.2, 0.25) is 11.7 Å². The quantitative estimate of drug-likeness (QED) is 0.658. The van der Waals surface area contributed by atoms with Crippen LogP contribution in [0.5, 0.6) is 17.2 Å². The molecule has 0 saturated heterocycles. The highest BCUT2D eigenvalue weighted by Crippen LogP contribution is 2.38. The molecule has 0 aliphatic heterocycles. The lowest BCUT2D eigenvalue weighted by molar-refractivity contribution is -0.126. The minimum atomic E-state index is -0.316. The van der Waals surface area contributed by atoms with E-state index in [0.717, 1.165) is 11.1 Å². The van der Waals surface area contributed by atoms with Crippen molar-refractivity contribution >= 4 is 12.0 Å². The van der Waals surface area contributed by atoms with Gasteiger partial charge in [-0.1, -0.05) is 12.1 Å². The fraction of sp³-hybridized carbons (Fsp3) is 0.286. The standard InChI is InChI=1S/C21H24FNO4/c1-5-23(14-16-7-6-8-17(22)11-16)20(24)10-9-15-12-18(25-2)21(27-4)19(13-15)26-3/h6-13H,5,14H2,1-4H3/b10-9+. The van der Waals surface area contributed by atoms with E-state index in [4.69, 9.17) is 14.2 Å². The van der Waals surface area contributed by atoms with Crippen LogP contribution in [0, 0.1) is 5.82 Å². The van der Waals surface area contributed by atoms with Gasteiger partial charge in [-0.15, -0.1) is 0 Å². The zero-order chi connectivity index (χ0) is 19.8. The van der Waals surface area contributed by atoms with Gasteiger partial charge in [0, 0.05) is 19.2 Å². The largest absolute Gasteiger partial charge is 0.493 e. The zero-order valence-electron chi connectivity index (χ0n) is 16.0. The molecule has 0 bridgehead atoms. The fourth-order valence-electron chi connectivity index (χ4n) is 2.67. The van der Waals surface area contributed by atoms with Crippen LogP contribution in [0.15, 0.2) is 42.5 Å². The Labute approximate surface area is 159 Å². The van der Waals surface area contributed by atoms with Crippen molar-refractivity contribution in [3.05, 3.63) is 59.4 Å². The first-order chi connectivity index (χ1) is 13.0. The first kappa shape index (κ1) is 20.3. The van der Waals surface area contributed by atoms with Gasteiger partial charge >= 0.3 is 0 Å². The SMILES string of the molecule is CCN(Cc1cccc(F)c1)C(=O)/C=C/c1cc(OC)c(OC)c(OC)c1. The van der Waals surface area contributed by atoms with Crippen LogP contribution in [0.3, 0.4) is 0 Å². The van der Waals surface area contributed by atoms with Gasteiger partial charge in [0.25, 0.3) is 0 Å². The van der Waals surface area contributed by atoms with Crippen LogP contribution in [-0.2, 0) is 11.3 Å². The Kier molecular flexibility index (Phi) is 7.23. The first-order valence-corrected chi connectivity index (χ1v) is 8.53. The molecule has 6 heteroatoms. The highest BCUT2D eigenvalue weighted by molar-refractivity contribution is 5.92. The first-order valence-electron chi connectivity index (χ1n) is 8.53. The molecule has 144 valence electrons. The molecule has 0 saturated carbocycles. The lowest BCUT2D eigenvalue weighted by Crippen LogP contribution is -2.28. The van der Waals surface area contributed by atoms with Crippen molar-refractivity contribution in [2.75, 3.05) is 27.9 Å². The third-order valence-electron chi connectivity index (χ3n) is 4.06. The average Bonchev–Trinajstić information content (AvgIpc) is 2.69. The van der Waals surface area contributed by atoms with Gasteiger partial charge in [-0.25, -0.2) is 4.39 Å². The molecule has 0 N–H and O–H groups in total. The molecule has 1 amide bonds. The Hall–Kier alpha value is -3.02. The predicted octanol–water partition coefficient (Wildman–Crippen LogP) is 3.91. The lowest BCUT2D eigenvalue weighted by atomic mass is 10.1. The Bertz CT molecular complexity index is 795. The molecule has 0 atom stereocenters. The smallest absolute Gasteiger partial charge is 0.246 e. The van der Waals surface area contributed by atoms with Gasteiger partial charge < -0.3 is 19.1 Å². The molecule has 0 radical (unpaired) electrons. The van der Waals surface area contributed by atoms with Crippen LogP contribution in [0.2, 0.25) is 0 Å². The maximum atomic E-state index is 13.3. The normalized spacial score (nSPS) is 10.7. The summed E-state index contributed by atoms with van der Waals surface area (Å²) in [6.45, 7) is 2.73. The highest BCUT2D eigenvalue weighted by Gasteiger charge is 2.13. The van der Waals surface area contributed by atoms with Gasteiger partial charge in [-0.05, 0) is 48.4 Å². The fourth-order valence-corrected chi connectivity index (χ4v) is 2.67. The molecule has 0 fully saturated rings. The van der Waals surface area contributed by atoms with E-state index in [2.05, 4.69) is 0 Å². The molecule has 2 aromatic carbocycles. The monoisotopic (exact) mass is 373 g/mol. The van der Waals surface area contributed by atoms with Gasteiger partial charge in [0.15, 0.2) is 11.5 Å². The van der Waals surface area contributed by atoms with Gasteiger partial charge in [-0.3, -0.25) is 4.79 Å². The number of hydrogen-bond acceptors (Lipinski definition) is 4. The molecular weight excluding hydrogens is 349 g/mol. The Morgan fingerprint density at radius 3 is 2.26 bits per heavy atom. The topological polar surface area (TPSA) is 48.0 Å². The second kappa shape index (κ2) is 9.62. The maximum absolute atomic E-state index is 13.3. The molecular formula is C21H24FNO4. The second-order valence-corrected chi connectivity index (χ2v) is 5.77. The number of hydrogen-bond donors (Lipinski definition) is 0. The van der Waals surface area contributed by atoms with E-state index in [1.165, 1.54) is 39.5 Å². The molecule has 2 rings (SSSR count). The van der Waals surface area contributed by atoms with E-state index in [1.54, 1.807) is 35.2 Å². The molecule has 0 heterocycles. The predicted molar refractivity (Wildman–Crippen MR) is 103 cm³/mol. The number of methoxy groups -OCH3 is 3. The Balaban J connectivity index is 2.19. The minimum absolute atomic E-state index is 0.171. The van der Waals surface area contributed by atoms with Crippen molar-refractivity contribution in [2.24, 2.45) is 0 Å². The van der Waals surface area contributed by atoms with E-state index < -0.39 is 0 Å². The van der Waals surface area contributed by atoms with E-state index in [-0.39, 0.29) is 11.7 Å². The van der Waals surface area contributed by atoms with Crippen molar-refractivity contribution in [3.8, 4) is 17.2 Å². The van der Waals surface area contributed by atoms with Crippen molar-refractivity contribution < 1.29 is 23.4 Å². The summed E-state index contributed by atoms with van der Waals surface area (Å²) >= 11 is 0. The highest BCUT2D eigenvalue weighted by atomic mass is 19.1. The third kappa shape index (κ3) is 5.23. The number of rotatable bonds is 8. The maximum Gasteiger partial charge on any atom is 0.246 e. The van der Waals surface area contributed by atoms with Crippen LogP contribution < -0.4 is 14.2 Å². The van der Waals surface area contributed by atoms with Crippen LogP contribution in [-0.4, -0.2) is 38.7 Å². The number of nitrogens with zero attached hydrogens (tertiary/aromatic N) is 1. The molecule has 0 aliphatic rings. The number of halogens is 1. The van der Waals surface area contributed by atoms with Crippen LogP contribution in [0.4, 0.5) is 4.39 Å². The Morgan fingerprint density at radius 2 is 1.74 bits per heavy atom.